The first kappa shape index (κ1) is 16.5. The number of esters is 1. The molecule has 5 nitrogen and oxygen atoms in total. The zero-order chi connectivity index (χ0) is 17.0. The van der Waals surface area contributed by atoms with E-state index >= 15 is 0 Å². The molecule has 0 spiro atoms. The van der Waals surface area contributed by atoms with E-state index in [1.165, 1.54) is 0 Å². The molecule has 2 aromatic rings. The molecule has 2 rings (SSSR count). The summed E-state index contributed by atoms with van der Waals surface area (Å²) in [6, 6.07) is 8.28. The number of furan rings is 1. The average Bonchev–Trinajstić information content (AvgIpc) is 2.95. The molecule has 0 amide bonds. The van der Waals surface area contributed by atoms with Crippen LogP contribution < -0.4 is 4.74 Å². The molecule has 0 atom stereocenters. The van der Waals surface area contributed by atoms with Gasteiger partial charge in [-0.3, -0.25) is 4.79 Å². The average molecular weight is 314 g/mol. The molecule has 0 fully saturated rings. The van der Waals surface area contributed by atoms with E-state index in [-0.39, 0.29) is 29.3 Å². The van der Waals surface area contributed by atoms with Crippen molar-refractivity contribution in [2.75, 3.05) is 13.7 Å². The van der Waals surface area contributed by atoms with Crippen molar-refractivity contribution in [1.29, 1.82) is 0 Å². The summed E-state index contributed by atoms with van der Waals surface area (Å²) in [6.07, 6.45) is 0. The van der Waals surface area contributed by atoms with Crippen LogP contribution >= 0.6 is 0 Å². The highest BCUT2D eigenvalue weighted by atomic mass is 16.5. The fraction of sp³-hybridized carbons (Fsp3) is 0.222. The number of methoxy groups -OCH3 is 1. The Hall–Kier alpha value is -2.82. The van der Waals surface area contributed by atoms with Gasteiger partial charge in [0.15, 0.2) is 11.5 Å². The second kappa shape index (κ2) is 6.96. The van der Waals surface area contributed by atoms with Gasteiger partial charge >= 0.3 is 5.97 Å². The molecule has 0 radical (unpaired) electrons. The first-order chi connectivity index (χ1) is 11.0. The van der Waals surface area contributed by atoms with Crippen molar-refractivity contribution in [2.45, 2.75) is 13.8 Å². The summed E-state index contributed by atoms with van der Waals surface area (Å²) >= 11 is 0. The third-order valence-electron chi connectivity index (χ3n) is 3.25. The summed E-state index contributed by atoms with van der Waals surface area (Å²) in [5, 5.41) is 0. The van der Waals surface area contributed by atoms with Crippen molar-refractivity contribution in [3.8, 4) is 5.75 Å². The monoisotopic (exact) mass is 314 g/mol. The van der Waals surface area contributed by atoms with Crippen LogP contribution in [0, 0.1) is 6.92 Å². The van der Waals surface area contributed by atoms with Gasteiger partial charge in [-0.15, -0.1) is 0 Å². The van der Waals surface area contributed by atoms with Crippen molar-refractivity contribution in [3.05, 3.63) is 59.6 Å². The second-order valence-corrected chi connectivity index (χ2v) is 4.86. The number of carbonyl (C=O) groups excluding carboxylic acids is 2. The van der Waals surface area contributed by atoms with Crippen LogP contribution in [0.25, 0.3) is 5.57 Å². The number of hydrogen-bond acceptors (Lipinski definition) is 5. The highest BCUT2D eigenvalue weighted by molar-refractivity contribution is 6.20. The van der Waals surface area contributed by atoms with E-state index in [1.54, 1.807) is 51.3 Å². The van der Waals surface area contributed by atoms with Gasteiger partial charge in [-0.25, -0.2) is 4.79 Å². The van der Waals surface area contributed by atoms with Gasteiger partial charge in [0, 0.05) is 5.56 Å². The van der Waals surface area contributed by atoms with Gasteiger partial charge in [0.05, 0.1) is 24.9 Å². The predicted octanol–water partition coefficient (Wildman–Crippen LogP) is 3.40. The molecule has 23 heavy (non-hydrogen) atoms. The van der Waals surface area contributed by atoms with E-state index < -0.39 is 5.97 Å². The van der Waals surface area contributed by atoms with Crippen LogP contribution in [-0.4, -0.2) is 25.5 Å². The zero-order valence-electron chi connectivity index (χ0n) is 13.3. The number of ketones is 1. The lowest BCUT2D eigenvalue weighted by Gasteiger charge is -2.06. The van der Waals surface area contributed by atoms with Crippen LogP contribution in [0.1, 0.15) is 34.4 Å². The molecule has 0 aliphatic rings. The minimum absolute atomic E-state index is 0.0248. The van der Waals surface area contributed by atoms with Crippen LogP contribution in [-0.2, 0) is 9.53 Å². The maximum absolute atomic E-state index is 12.7. The Morgan fingerprint density at radius 3 is 2.43 bits per heavy atom. The lowest BCUT2D eigenvalue weighted by atomic mass is 10.0. The number of hydrogen-bond donors (Lipinski definition) is 0. The molecule has 0 saturated carbocycles. The smallest absolute Gasteiger partial charge is 0.341 e. The first-order valence-electron chi connectivity index (χ1n) is 7.13. The minimum atomic E-state index is -0.606. The summed E-state index contributed by atoms with van der Waals surface area (Å²) < 4.78 is 15.5. The number of benzene rings is 1. The van der Waals surface area contributed by atoms with Crippen molar-refractivity contribution < 1.29 is 23.5 Å². The minimum Gasteiger partial charge on any atom is -0.497 e. The molecule has 0 saturated heterocycles. The fourth-order valence-electron chi connectivity index (χ4n) is 2.12. The summed E-state index contributed by atoms with van der Waals surface area (Å²) in [5.74, 6) is 0.445. The number of aryl methyl sites for hydroxylation is 1. The van der Waals surface area contributed by atoms with Gasteiger partial charge in [-0.2, -0.15) is 0 Å². The van der Waals surface area contributed by atoms with E-state index in [9.17, 15) is 9.59 Å². The van der Waals surface area contributed by atoms with Gasteiger partial charge in [0.25, 0.3) is 0 Å². The maximum Gasteiger partial charge on any atom is 0.341 e. The molecule has 5 heteroatoms. The molecule has 1 heterocycles. The first-order valence-corrected chi connectivity index (χ1v) is 7.13. The fourth-order valence-corrected chi connectivity index (χ4v) is 2.12. The Morgan fingerprint density at radius 1 is 1.22 bits per heavy atom. The van der Waals surface area contributed by atoms with Gasteiger partial charge in [0.2, 0.25) is 0 Å². The van der Waals surface area contributed by atoms with Crippen LogP contribution in [0.5, 0.6) is 5.75 Å². The highest BCUT2D eigenvalue weighted by Gasteiger charge is 2.24. The Labute approximate surface area is 134 Å². The van der Waals surface area contributed by atoms with Crippen molar-refractivity contribution in [3.63, 3.8) is 0 Å². The molecular weight excluding hydrogens is 296 g/mol. The molecule has 120 valence electrons. The quantitative estimate of drug-likeness (QED) is 0.464. The number of carbonyl (C=O) groups is 2. The Bertz CT molecular complexity index is 737. The van der Waals surface area contributed by atoms with E-state index in [4.69, 9.17) is 13.9 Å². The van der Waals surface area contributed by atoms with E-state index in [1.807, 2.05) is 0 Å². The molecule has 1 aromatic carbocycles. The second-order valence-electron chi connectivity index (χ2n) is 4.86. The summed E-state index contributed by atoms with van der Waals surface area (Å²) in [5.41, 5.74) is 0.770. The third-order valence-corrected chi connectivity index (χ3v) is 3.25. The lowest BCUT2D eigenvalue weighted by Crippen LogP contribution is -2.09. The Kier molecular flexibility index (Phi) is 5.01. The van der Waals surface area contributed by atoms with Crippen LogP contribution in [0.4, 0.5) is 0 Å². The molecule has 1 aromatic heterocycles. The van der Waals surface area contributed by atoms with Crippen molar-refractivity contribution >= 4 is 17.3 Å². The molecule has 0 bridgehead atoms. The molecule has 0 N–H and O–H groups in total. The van der Waals surface area contributed by atoms with E-state index in [0.29, 0.717) is 17.1 Å². The SMILES string of the molecule is C=C(C(=O)OCC)c1oc(C)cc1C(=O)c1ccc(OC)cc1. The van der Waals surface area contributed by atoms with Crippen LogP contribution in [0.3, 0.4) is 0 Å². The maximum atomic E-state index is 12.7. The largest absolute Gasteiger partial charge is 0.497 e. The van der Waals surface area contributed by atoms with Crippen molar-refractivity contribution in [2.24, 2.45) is 0 Å². The van der Waals surface area contributed by atoms with Crippen molar-refractivity contribution in [1.82, 2.24) is 0 Å². The molecule has 0 aliphatic heterocycles. The Morgan fingerprint density at radius 2 is 1.87 bits per heavy atom. The summed E-state index contributed by atoms with van der Waals surface area (Å²) in [4.78, 5) is 24.5. The van der Waals surface area contributed by atoms with Gasteiger partial charge < -0.3 is 13.9 Å². The van der Waals surface area contributed by atoms with Crippen LogP contribution in [0.2, 0.25) is 0 Å². The van der Waals surface area contributed by atoms with Crippen LogP contribution in [0.15, 0.2) is 41.3 Å². The number of ether oxygens (including phenoxy) is 2. The molecular formula is C18H18O5. The normalized spacial score (nSPS) is 10.2. The highest BCUT2D eigenvalue weighted by Crippen LogP contribution is 2.26. The summed E-state index contributed by atoms with van der Waals surface area (Å²) in [7, 11) is 1.55. The lowest BCUT2D eigenvalue weighted by molar-refractivity contribution is -0.136. The Balaban J connectivity index is 2.37. The van der Waals surface area contributed by atoms with E-state index in [0.717, 1.165) is 0 Å². The van der Waals surface area contributed by atoms with Gasteiger partial charge in [0.1, 0.15) is 11.5 Å². The predicted molar refractivity (Wildman–Crippen MR) is 85.5 cm³/mol. The molecule has 0 unspecified atom stereocenters. The third kappa shape index (κ3) is 3.51. The molecule has 0 aliphatic carbocycles. The summed E-state index contributed by atoms with van der Waals surface area (Å²) in [6.45, 7) is 7.30. The van der Waals surface area contributed by atoms with E-state index in [2.05, 4.69) is 6.58 Å². The van der Waals surface area contributed by atoms with Gasteiger partial charge in [-0.05, 0) is 44.2 Å². The topological polar surface area (TPSA) is 65.7 Å². The standard InChI is InChI=1S/C18H18O5/c1-5-22-18(20)12(3)17-15(10-11(2)23-17)16(19)13-6-8-14(21-4)9-7-13/h6-10H,3,5H2,1-2,4H3. The number of rotatable bonds is 6. The zero-order valence-corrected chi connectivity index (χ0v) is 13.3. The van der Waals surface area contributed by atoms with Gasteiger partial charge in [-0.1, -0.05) is 6.58 Å².